The number of aromatic hydroxyl groups is 1. The van der Waals surface area contributed by atoms with E-state index in [1.54, 1.807) is 44.6 Å². The first-order valence-corrected chi connectivity index (χ1v) is 10.2. The molecule has 1 saturated heterocycles. The molecule has 2 aliphatic rings. The Kier molecular flexibility index (Phi) is 5.65. The van der Waals surface area contributed by atoms with Crippen LogP contribution >= 0.6 is 0 Å². The van der Waals surface area contributed by atoms with Gasteiger partial charge in [-0.05, 0) is 35.9 Å². The van der Waals surface area contributed by atoms with Gasteiger partial charge in [-0.15, -0.1) is 0 Å². The molecule has 0 amide bonds. The van der Waals surface area contributed by atoms with Crippen LogP contribution in [0.5, 0.6) is 23.0 Å². The van der Waals surface area contributed by atoms with Crippen molar-refractivity contribution in [1.29, 1.82) is 0 Å². The topological polar surface area (TPSA) is 73.9 Å². The molecule has 0 unspecified atom stereocenters. The molecule has 7 heteroatoms. The molecule has 1 fully saturated rings. The fraction of sp³-hybridized carbons (Fsp3) is 0.348. The summed E-state index contributed by atoms with van der Waals surface area (Å²) in [5.74, 6) is 1.90. The van der Waals surface area contributed by atoms with Gasteiger partial charge in [0.25, 0.3) is 0 Å². The molecular formula is C23H28N2O5+2. The molecule has 0 aliphatic carbocycles. The number of ketones is 1. The van der Waals surface area contributed by atoms with Gasteiger partial charge in [-0.2, -0.15) is 0 Å². The molecule has 0 radical (unpaired) electrons. The Bertz CT molecular complexity index is 993. The summed E-state index contributed by atoms with van der Waals surface area (Å²) in [6, 6.07) is 8.64. The molecule has 2 aromatic rings. The SMILES string of the molecule is COc1ccc(C=C2Oc3c(ccc(O)c3C[NH+]3CC[NH+](C)CC3)C2=O)cc1OC. The second-order valence-electron chi connectivity index (χ2n) is 7.88. The van der Waals surface area contributed by atoms with Crippen LogP contribution in [0.3, 0.4) is 0 Å². The molecule has 0 aromatic heterocycles. The summed E-state index contributed by atoms with van der Waals surface area (Å²) in [5, 5.41) is 10.5. The zero-order chi connectivity index (χ0) is 21.3. The largest absolute Gasteiger partial charge is 0.507 e. The molecule has 7 nitrogen and oxygen atoms in total. The predicted octanol–water partition coefficient (Wildman–Crippen LogP) is -0.0612. The van der Waals surface area contributed by atoms with Crippen LogP contribution in [0.25, 0.3) is 6.08 Å². The Balaban J connectivity index is 1.62. The first kappa shape index (κ1) is 20.3. The fourth-order valence-electron chi connectivity index (χ4n) is 4.02. The van der Waals surface area contributed by atoms with E-state index in [1.807, 2.05) is 6.07 Å². The average Bonchev–Trinajstić information content (AvgIpc) is 3.07. The maximum atomic E-state index is 12.9. The van der Waals surface area contributed by atoms with Crippen molar-refractivity contribution >= 4 is 11.9 Å². The van der Waals surface area contributed by atoms with Crippen molar-refractivity contribution in [1.82, 2.24) is 0 Å². The second-order valence-corrected chi connectivity index (χ2v) is 7.88. The van der Waals surface area contributed by atoms with Gasteiger partial charge in [0.15, 0.2) is 23.0 Å². The third-order valence-electron chi connectivity index (χ3n) is 5.86. The number of hydrogen-bond acceptors (Lipinski definition) is 5. The van der Waals surface area contributed by atoms with E-state index in [2.05, 4.69) is 7.05 Å². The zero-order valence-corrected chi connectivity index (χ0v) is 17.6. The number of fused-ring (bicyclic) bond motifs is 1. The van der Waals surface area contributed by atoms with Crippen molar-refractivity contribution in [3.8, 4) is 23.0 Å². The van der Waals surface area contributed by atoms with Gasteiger partial charge in [0.05, 0.1) is 32.4 Å². The number of allylic oxidation sites excluding steroid dienone is 1. The number of methoxy groups -OCH3 is 2. The molecule has 3 N–H and O–H groups in total. The number of ether oxygens (including phenoxy) is 3. The predicted molar refractivity (Wildman–Crippen MR) is 112 cm³/mol. The molecular weight excluding hydrogens is 384 g/mol. The Morgan fingerprint density at radius 2 is 1.80 bits per heavy atom. The van der Waals surface area contributed by atoms with Crippen molar-refractivity contribution in [2.24, 2.45) is 0 Å². The Hall–Kier alpha value is -3.03. The summed E-state index contributed by atoms with van der Waals surface area (Å²) in [6.07, 6.45) is 1.69. The van der Waals surface area contributed by atoms with Crippen LogP contribution in [0.4, 0.5) is 0 Å². The molecule has 2 aliphatic heterocycles. The number of hydrogen-bond donors (Lipinski definition) is 3. The van der Waals surface area contributed by atoms with E-state index in [-0.39, 0.29) is 17.3 Å². The monoisotopic (exact) mass is 412 g/mol. The lowest BCUT2D eigenvalue weighted by atomic mass is 10.0. The van der Waals surface area contributed by atoms with Crippen LogP contribution < -0.4 is 24.0 Å². The van der Waals surface area contributed by atoms with E-state index in [0.717, 1.165) is 31.7 Å². The molecule has 0 saturated carbocycles. The van der Waals surface area contributed by atoms with Crippen LogP contribution in [0.15, 0.2) is 36.1 Å². The maximum absolute atomic E-state index is 12.9. The lowest BCUT2D eigenvalue weighted by molar-refractivity contribution is -1.01. The molecule has 2 heterocycles. The van der Waals surface area contributed by atoms with E-state index in [0.29, 0.717) is 34.9 Å². The van der Waals surface area contributed by atoms with E-state index in [4.69, 9.17) is 14.2 Å². The van der Waals surface area contributed by atoms with Crippen molar-refractivity contribution < 1.29 is 33.9 Å². The van der Waals surface area contributed by atoms with E-state index in [9.17, 15) is 9.90 Å². The van der Waals surface area contributed by atoms with Gasteiger partial charge in [0.2, 0.25) is 5.78 Å². The van der Waals surface area contributed by atoms with Gasteiger partial charge in [-0.25, -0.2) is 0 Å². The lowest BCUT2D eigenvalue weighted by Crippen LogP contribution is -3.26. The molecule has 158 valence electrons. The molecule has 0 bridgehead atoms. The highest BCUT2D eigenvalue weighted by Gasteiger charge is 2.33. The van der Waals surface area contributed by atoms with Crippen LogP contribution in [-0.4, -0.2) is 58.3 Å². The number of nitrogens with one attached hydrogen (secondary N) is 2. The third kappa shape index (κ3) is 3.86. The summed E-state index contributed by atoms with van der Waals surface area (Å²) in [5.41, 5.74) is 1.96. The zero-order valence-electron chi connectivity index (χ0n) is 17.6. The van der Waals surface area contributed by atoms with Gasteiger partial charge >= 0.3 is 0 Å². The number of benzene rings is 2. The van der Waals surface area contributed by atoms with Crippen LogP contribution in [-0.2, 0) is 6.54 Å². The Morgan fingerprint density at radius 3 is 2.50 bits per heavy atom. The highest BCUT2D eigenvalue weighted by Crippen LogP contribution is 2.39. The van der Waals surface area contributed by atoms with E-state index < -0.39 is 0 Å². The van der Waals surface area contributed by atoms with Gasteiger partial charge in [-0.1, -0.05) is 6.07 Å². The smallest absolute Gasteiger partial charge is 0.231 e. The Labute approximate surface area is 176 Å². The van der Waals surface area contributed by atoms with E-state index in [1.165, 1.54) is 9.80 Å². The highest BCUT2D eigenvalue weighted by molar-refractivity contribution is 6.15. The van der Waals surface area contributed by atoms with Crippen molar-refractivity contribution in [2.45, 2.75) is 6.54 Å². The second kappa shape index (κ2) is 8.38. The summed E-state index contributed by atoms with van der Waals surface area (Å²) in [6.45, 7) is 4.87. The quantitative estimate of drug-likeness (QED) is 0.600. The van der Waals surface area contributed by atoms with Crippen molar-refractivity contribution in [3.63, 3.8) is 0 Å². The normalized spacial score (nSPS) is 22.0. The minimum Gasteiger partial charge on any atom is -0.507 e. The number of phenolic OH excluding ortho intramolecular Hbond substituents is 1. The first-order valence-electron chi connectivity index (χ1n) is 10.2. The summed E-state index contributed by atoms with van der Waals surface area (Å²) < 4.78 is 16.6. The maximum Gasteiger partial charge on any atom is 0.231 e. The highest BCUT2D eigenvalue weighted by atomic mass is 16.5. The number of phenols is 1. The lowest BCUT2D eigenvalue weighted by Gasteiger charge is -2.27. The number of carbonyl (C=O) groups excluding carboxylic acids is 1. The fourth-order valence-corrected chi connectivity index (χ4v) is 4.02. The van der Waals surface area contributed by atoms with Crippen LogP contribution in [0.2, 0.25) is 0 Å². The van der Waals surface area contributed by atoms with Gasteiger partial charge < -0.3 is 29.1 Å². The number of rotatable bonds is 5. The number of quaternary nitrogens is 2. The molecule has 0 spiro atoms. The minimum atomic E-state index is -0.182. The molecule has 0 atom stereocenters. The van der Waals surface area contributed by atoms with Gasteiger partial charge in [0.1, 0.15) is 38.5 Å². The first-order chi connectivity index (χ1) is 14.5. The average molecular weight is 412 g/mol. The summed E-state index contributed by atoms with van der Waals surface area (Å²) >= 11 is 0. The van der Waals surface area contributed by atoms with Crippen molar-refractivity contribution in [3.05, 3.63) is 52.8 Å². The van der Waals surface area contributed by atoms with Crippen LogP contribution in [0.1, 0.15) is 21.5 Å². The molecule has 2 aromatic carbocycles. The van der Waals surface area contributed by atoms with Crippen LogP contribution in [0, 0.1) is 0 Å². The number of piperazine rings is 1. The standard InChI is InChI=1S/C23H26N2O5/c1-24-8-10-25(11-9-24)14-17-18(26)6-5-16-22(27)21(30-23(16)17)13-15-4-7-19(28-2)20(12-15)29-3/h4-7,12-13,26H,8-11,14H2,1-3H3/p+2. The summed E-state index contributed by atoms with van der Waals surface area (Å²) in [7, 11) is 5.34. The summed E-state index contributed by atoms with van der Waals surface area (Å²) in [4.78, 5) is 15.8. The number of Topliss-reactive ketones (excluding diaryl/α,β-unsaturated/α-hetero) is 1. The van der Waals surface area contributed by atoms with E-state index >= 15 is 0 Å². The van der Waals surface area contributed by atoms with Crippen molar-refractivity contribution in [2.75, 3.05) is 47.4 Å². The minimum absolute atomic E-state index is 0.174. The third-order valence-corrected chi connectivity index (χ3v) is 5.86. The Morgan fingerprint density at radius 1 is 1.07 bits per heavy atom. The molecule has 30 heavy (non-hydrogen) atoms. The number of carbonyl (C=O) groups is 1. The van der Waals surface area contributed by atoms with Gasteiger partial charge in [0, 0.05) is 0 Å². The molecule has 4 rings (SSSR count). The number of likely N-dealkylation sites (N-methyl/N-ethyl adjacent to an activating group) is 1. The van der Waals surface area contributed by atoms with Gasteiger partial charge in [-0.3, -0.25) is 4.79 Å².